The molecule has 1 aromatic heterocycles. The van der Waals surface area contributed by atoms with Crippen LogP contribution in [0.15, 0.2) is 12.4 Å². The number of hydrogen-bond acceptors (Lipinski definition) is 2. The number of aromatic nitrogens is 2. The van der Waals surface area contributed by atoms with Gasteiger partial charge in [0.25, 0.3) is 0 Å². The first-order chi connectivity index (χ1) is 7.74. The fourth-order valence-electron chi connectivity index (χ4n) is 1.90. The van der Waals surface area contributed by atoms with Crippen molar-refractivity contribution in [3.05, 3.63) is 18.0 Å². The second-order valence-corrected chi connectivity index (χ2v) is 4.62. The minimum Gasteiger partial charge on any atom is -0.356 e. The molecule has 1 N–H and O–H groups in total. The summed E-state index contributed by atoms with van der Waals surface area (Å²) in [5.74, 6) is 0.901. The van der Waals surface area contributed by atoms with Crippen molar-refractivity contribution in [3.8, 4) is 0 Å². The third-order valence-corrected chi connectivity index (χ3v) is 3.21. The van der Waals surface area contributed by atoms with Crippen LogP contribution in [0.2, 0.25) is 0 Å². The molecule has 0 aromatic carbocycles. The van der Waals surface area contributed by atoms with Crippen molar-refractivity contribution in [2.75, 3.05) is 6.54 Å². The lowest BCUT2D eigenvalue weighted by atomic mass is 9.85. The summed E-state index contributed by atoms with van der Waals surface area (Å²) in [4.78, 5) is 11.5. The topological polar surface area (TPSA) is 46.9 Å². The molecular formula is C12H19N3O. The molecule has 4 nitrogen and oxygen atoms in total. The molecular weight excluding hydrogens is 202 g/mol. The Morgan fingerprint density at radius 1 is 1.62 bits per heavy atom. The number of nitrogens with one attached hydrogen (secondary N) is 1. The quantitative estimate of drug-likeness (QED) is 0.814. The predicted molar refractivity (Wildman–Crippen MR) is 61.9 cm³/mol. The number of carbonyl (C=O) groups excluding carboxylic acids is 1. The summed E-state index contributed by atoms with van der Waals surface area (Å²) in [5.41, 5.74) is 1.13. The van der Waals surface area contributed by atoms with E-state index in [2.05, 4.69) is 10.4 Å². The smallest absolute Gasteiger partial charge is 0.220 e. The number of nitrogens with zero attached hydrogens (tertiary/aromatic N) is 2. The highest BCUT2D eigenvalue weighted by Gasteiger charge is 2.17. The molecule has 4 heteroatoms. The summed E-state index contributed by atoms with van der Waals surface area (Å²) < 4.78 is 1.77. The van der Waals surface area contributed by atoms with Gasteiger partial charge in [-0.2, -0.15) is 5.10 Å². The van der Waals surface area contributed by atoms with Crippen LogP contribution in [0.3, 0.4) is 0 Å². The van der Waals surface area contributed by atoms with Crippen molar-refractivity contribution in [3.63, 3.8) is 0 Å². The maximum Gasteiger partial charge on any atom is 0.220 e. The van der Waals surface area contributed by atoms with E-state index in [0.29, 0.717) is 6.42 Å². The van der Waals surface area contributed by atoms with Crippen LogP contribution in [-0.2, 0) is 18.3 Å². The second-order valence-electron chi connectivity index (χ2n) is 4.62. The molecule has 1 amide bonds. The first-order valence-corrected chi connectivity index (χ1v) is 5.98. The van der Waals surface area contributed by atoms with Gasteiger partial charge in [0, 0.05) is 26.2 Å². The Hall–Kier alpha value is -1.32. The van der Waals surface area contributed by atoms with Crippen LogP contribution in [0.25, 0.3) is 0 Å². The van der Waals surface area contributed by atoms with Crippen molar-refractivity contribution in [2.24, 2.45) is 13.0 Å². The van der Waals surface area contributed by atoms with Gasteiger partial charge in [0.15, 0.2) is 0 Å². The lowest BCUT2D eigenvalue weighted by Crippen LogP contribution is -2.32. The van der Waals surface area contributed by atoms with E-state index in [1.165, 1.54) is 19.3 Å². The molecule has 1 fully saturated rings. The Bertz CT molecular complexity index is 355. The summed E-state index contributed by atoms with van der Waals surface area (Å²) in [6, 6.07) is 0. The van der Waals surface area contributed by atoms with Crippen LogP contribution in [0.4, 0.5) is 0 Å². The van der Waals surface area contributed by atoms with E-state index in [-0.39, 0.29) is 5.91 Å². The Kier molecular flexibility index (Phi) is 3.59. The van der Waals surface area contributed by atoms with Crippen LogP contribution in [0, 0.1) is 5.92 Å². The van der Waals surface area contributed by atoms with Gasteiger partial charge in [0.1, 0.15) is 0 Å². The lowest BCUT2D eigenvalue weighted by molar-refractivity contribution is -0.121. The molecule has 1 heterocycles. The molecule has 0 spiro atoms. The van der Waals surface area contributed by atoms with E-state index in [9.17, 15) is 4.79 Å². The molecule has 0 aliphatic heterocycles. The van der Waals surface area contributed by atoms with Gasteiger partial charge in [-0.3, -0.25) is 9.48 Å². The number of hydrogen-bond donors (Lipinski definition) is 1. The lowest BCUT2D eigenvalue weighted by Gasteiger charge is -2.25. The molecule has 0 radical (unpaired) electrons. The van der Waals surface area contributed by atoms with Gasteiger partial charge in [0.05, 0.1) is 6.20 Å². The van der Waals surface area contributed by atoms with E-state index in [4.69, 9.17) is 0 Å². The Balaban J connectivity index is 1.63. The fraction of sp³-hybridized carbons (Fsp3) is 0.667. The fourth-order valence-corrected chi connectivity index (χ4v) is 1.90. The van der Waals surface area contributed by atoms with Crippen LogP contribution in [0.5, 0.6) is 0 Å². The number of amides is 1. The molecule has 0 saturated heterocycles. The number of aryl methyl sites for hydroxylation is 2. The SMILES string of the molecule is Cn1cc(CCC(=O)NCC2CCC2)cn1. The average Bonchev–Trinajstić information content (AvgIpc) is 2.59. The molecule has 0 bridgehead atoms. The van der Waals surface area contributed by atoms with Crippen molar-refractivity contribution < 1.29 is 4.79 Å². The largest absolute Gasteiger partial charge is 0.356 e. The average molecular weight is 221 g/mol. The van der Waals surface area contributed by atoms with Crippen molar-refractivity contribution in [2.45, 2.75) is 32.1 Å². The third-order valence-electron chi connectivity index (χ3n) is 3.21. The van der Waals surface area contributed by atoms with Crippen molar-refractivity contribution in [1.29, 1.82) is 0 Å². The summed E-state index contributed by atoms with van der Waals surface area (Å²) in [5, 5.41) is 7.07. The Morgan fingerprint density at radius 3 is 3.00 bits per heavy atom. The minimum absolute atomic E-state index is 0.163. The molecule has 88 valence electrons. The molecule has 1 saturated carbocycles. The first kappa shape index (κ1) is 11.2. The standard InChI is InChI=1S/C12H19N3O/c1-15-9-11(8-14-15)5-6-12(16)13-7-10-3-2-4-10/h8-10H,2-7H2,1H3,(H,13,16). The zero-order chi connectivity index (χ0) is 11.4. The van der Waals surface area contributed by atoms with E-state index in [1.807, 2.05) is 19.4 Å². The minimum atomic E-state index is 0.163. The monoisotopic (exact) mass is 221 g/mol. The summed E-state index contributed by atoms with van der Waals surface area (Å²) in [6.45, 7) is 0.867. The number of carbonyl (C=O) groups is 1. The van der Waals surface area contributed by atoms with Gasteiger partial charge in [-0.05, 0) is 30.7 Å². The Morgan fingerprint density at radius 2 is 2.44 bits per heavy atom. The molecule has 16 heavy (non-hydrogen) atoms. The highest BCUT2D eigenvalue weighted by Crippen LogP contribution is 2.25. The maximum absolute atomic E-state index is 11.5. The van der Waals surface area contributed by atoms with Gasteiger partial charge >= 0.3 is 0 Å². The van der Waals surface area contributed by atoms with Crippen molar-refractivity contribution >= 4 is 5.91 Å². The predicted octanol–water partition coefficient (Wildman–Crippen LogP) is 1.27. The van der Waals surface area contributed by atoms with Crippen LogP contribution < -0.4 is 5.32 Å². The van der Waals surface area contributed by atoms with Gasteiger partial charge in [-0.15, -0.1) is 0 Å². The second kappa shape index (κ2) is 5.14. The van der Waals surface area contributed by atoms with Crippen LogP contribution in [0.1, 0.15) is 31.2 Å². The summed E-state index contributed by atoms with van der Waals surface area (Å²) in [7, 11) is 1.89. The van der Waals surface area contributed by atoms with E-state index < -0.39 is 0 Å². The van der Waals surface area contributed by atoms with E-state index in [1.54, 1.807) is 4.68 Å². The molecule has 1 aliphatic rings. The molecule has 1 aromatic rings. The molecule has 0 atom stereocenters. The highest BCUT2D eigenvalue weighted by atomic mass is 16.1. The van der Waals surface area contributed by atoms with Crippen LogP contribution >= 0.6 is 0 Å². The number of rotatable bonds is 5. The van der Waals surface area contributed by atoms with Crippen molar-refractivity contribution in [1.82, 2.24) is 15.1 Å². The molecule has 1 aliphatic carbocycles. The van der Waals surface area contributed by atoms with E-state index in [0.717, 1.165) is 24.4 Å². The van der Waals surface area contributed by atoms with Gasteiger partial charge in [-0.25, -0.2) is 0 Å². The third kappa shape index (κ3) is 3.08. The normalized spacial score (nSPS) is 15.8. The first-order valence-electron chi connectivity index (χ1n) is 5.98. The van der Waals surface area contributed by atoms with E-state index >= 15 is 0 Å². The van der Waals surface area contributed by atoms with Gasteiger partial charge in [0.2, 0.25) is 5.91 Å². The molecule has 2 rings (SSSR count). The maximum atomic E-state index is 11.5. The zero-order valence-electron chi connectivity index (χ0n) is 9.78. The zero-order valence-corrected chi connectivity index (χ0v) is 9.78. The Labute approximate surface area is 96.0 Å². The highest BCUT2D eigenvalue weighted by molar-refractivity contribution is 5.76. The summed E-state index contributed by atoms with van der Waals surface area (Å²) in [6.07, 6.45) is 9.02. The van der Waals surface area contributed by atoms with Crippen LogP contribution in [-0.4, -0.2) is 22.2 Å². The van der Waals surface area contributed by atoms with Gasteiger partial charge < -0.3 is 5.32 Å². The molecule has 0 unspecified atom stereocenters. The van der Waals surface area contributed by atoms with Gasteiger partial charge in [-0.1, -0.05) is 6.42 Å². The summed E-state index contributed by atoms with van der Waals surface area (Å²) >= 11 is 0.